The van der Waals surface area contributed by atoms with Crippen molar-refractivity contribution < 1.29 is 0 Å². The zero-order valence-electron chi connectivity index (χ0n) is 13.3. The molecule has 0 bridgehead atoms. The van der Waals surface area contributed by atoms with Gasteiger partial charge in [-0.1, -0.05) is 18.2 Å². The number of nitrogens with zero attached hydrogens (tertiary/aromatic N) is 4. The van der Waals surface area contributed by atoms with Crippen molar-refractivity contribution >= 4 is 28.2 Å². The minimum absolute atomic E-state index is 0.717. The summed E-state index contributed by atoms with van der Waals surface area (Å²) in [5.74, 6) is 1.57. The Morgan fingerprint density at radius 3 is 2.43 bits per heavy atom. The van der Waals surface area contributed by atoms with Crippen LogP contribution in [-0.4, -0.2) is 19.6 Å². The number of benzene rings is 2. The summed E-state index contributed by atoms with van der Waals surface area (Å²) in [5.41, 5.74) is 6.09. The number of rotatable bonds is 2. The molecule has 2 aromatic heterocycles. The van der Waals surface area contributed by atoms with Crippen LogP contribution in [-0.2, 0) is 0 Å². The van der Waals surface area contributed by atoms with Gasteiger partial charge in [-0.25, -0.2) is 4.98 Å². The van der Waals surface area contributed by atoms with Crippen LogP contribution in [0.4, 0.5) is 11.5 Å². The number of nitrogens with one attached hydrogen (secondary N) is 1. The van der Waals surface area contributed by atoms with Crippen molar-refractivity contribution in [3.63, 3.8) is 0 Å². The third-order valence-corrected chi connectivity index (χ3v) is 3.88. The van der Waals surface area contributed by atoms with E-state index in [1.54, 1.807) is 0 Å². The Hall–Kier alpha value is -2.95. The summed E-state index contributed by atoms with van der Waals surface area (Å²) in [7, 11) is 0. The Morgan fingerprint density at radius 2 is 1.65 bits per heavy atom. The summed E-state index contributed by atoms with van der Waals surface area (Å²) < 4.78 is 2.04. The molecule has 0 amide bonds. The SMILES string of the molecule is Cc1cc(C)cc(Nc2nc3ccccc3n3c(C)nnc23)c1. The van der Waals surface area contributed by atoms with Gasteiger partial charge in [0.1, 0.15) is 5.82 Å². The van der Waals surface area contributed by atoms with Crippen molar-refractivity contribution in [2.24, 2.45) is 0 Å². The highest BCUT2D eigenvalue weighted by Gasteiger charge is 2.13. The van der Waals surface area contributed by atoms with Crippen LogP contribution in [0, 0.1) is 20.8 Å². The number of fused-ring (bicyclic) bond motifs is 3. The van der Waals surface area contributed by atoms with Gasteiger partial charge in [0, 0.05) is 5.69 Å². The van der Waals surface area contributed by atoms with Crippen molar-refractivity contribution in [1.29, 1.82) is 0 Å². The second-order valence-corrected chi connectivity index (χ2v) is 5.86. The molecule has 0 saturated carbocycles. The van der Waals surface area contributed by atoms with E-state index >= 15 is 0 Å². The predicted octanol–water partition coefficient (Wildman–Crippen LogP) is 3.95. The van der Waals surface area contributed by atoms with Crippen LogP contribution in [0.15, 0.2) is 42.5 Å². The van der Waals surface area contributed by atoms with Crippen molar-refractivity contribution in [3.8, 4) is 0 Å². The van der Waals surface area contributed by atoms with E-state index in [2.05, 4.69) is 47.6 Å². The average Bonchev–Trinajstić information content (AvgIpc) is 2.89. The van der Waals surface area contributed by atoms with Crippen LogP contribution in [0.1, 0.15) is 17.0 Å². The molecule has 0 aliphatic rings. The summed E-state index contributed by atoms with van der Waals surface area (Å²) in [6, 6.07) is 14.4. The van der Waals surface area contributed by atoms with E-state index in [0.29, 0.717) is 5.82 Å². The number of anilines is 2. The fourth-order valence-electron chi connectivity index (χ4n) is 2.99. The fraction of sp³-hybridized carbons (Fsp3) is 0.167. The van der Waals surface area contributed by atoms with Gasteiger partial charge >= 0.3 is 0 Å². The molecule has 4 aromatic rings. The molecule has 23 heavy (non-hydrogen) atoms. The summed E-state index contributed by atoms with van der Waals surface area (Å²) in [5, 5.41) is 11.9. The van der Waals surface area contributed by atoms with Crippen LogP contribution in [0.25, 0.3) is 16.7 Å². The van der Waals surface area contributed by atoms with E-state index in [1.165, 1.54) is 11.1 Å². The van der Waals surface area contributed by atoms with E-state index in [0.717, 1.165) is 28.2 Å². The van der Waals surface area contributed by atoms with Crippen molar-refractivity contribution in [3.05, 3.63) is 59.4 Å². The van der Waals surface area contributed by atoms with Crippen LogP contribution in [0.2, 0.25) is 0 Å². The molecule has 0 aliphatic heterocycles. The maximum Gasteiger partial charge on any atom is 0.204 e. The van der Waals surface area contributed by atoms with Crippen LogP contribution >= 0.6 is 0 Å². The Labute approximate surface area is 134 Å². The van der Waals surface area contributed by atoms with Gasteiger partial charge in [-0.3, -0.25) is 4.40 Å². The van der Waals surface area contributed by atoms with E-state index in [9.17, 15) is 0 Å². The topological polar surface area (TPSA) is 55.1 Å². The van der Waals surface area contributed by atoms with Crippen LogP contribution in [0.5, 0.6) is 0 Å². The molecule has 4 rings (SSSR count). The van der Waals surface area contributed by atoms with E-state index in [4.69, 9.17) is 4.98 Å². The molecule has 5 heteroatoms. The highest BCUT2D eigenvalue weighted by atomic mass is 15.3. The van der Waals surface area contributed by atoms with Gasteiger partial charge < -0.3 is 5.32 Å². The maximum atomic E-state index is 4.74. The van der Waals surface area contributed by atoms with Crippen molar-refractivity contribution in [2.45, 2.75) is 20.8 Å². The first kappa shape index (κ1) is 13.7. The summed E-state index contributed by atoms with van der Waals surface area (Å²) in [6.07, 6.45) is 0. The first-order chi connectivity index (χ1) is 11.1. The largest absolute Gasteiger partial charge is 0.337 e. The van der Waals surface area contributed by atoms with Gasteiger partial charge in [-0.2, -0.15) is 0 Å². The number of para-hydroxylation sites is 2. The molecule has 0 unspecified atom stereocenters. The van der Waals surface area contributed by atoms with Gasteiger partial charge in [0.05, 0.1) is 11.0 Å². The second kappa shape index (κ2) is 5.05. The van der Waals surface area contributed by atoms with Gasteiger partial charge in [-0.05, 0) is 56.2 Å². The molecule has 2 aromatic carbocycles. The number of aromatic nitrogens is 4. The zero-order chi connectivity index (χ0) is 16.0. The van der Waals surface area contributed by atoms with Gasteiger partial charge in [0.15, 0.2) is 5.82 Å². The highest BCUT2D eigenvalue weighted by Crippen LogP contribution is 2.25. The molecule has 0 atom stereocenters. The lowest BCUT2D eigenvalue weighted by atomic mass is 10.1. The molecule has 1 N–H and O–H groups in total. The molecule has 5 nitrogen and oxygen atoms in total. The van der Waals surface area contributed by atoms with Crippen molar-refractivity contribution in [1.82, 2.24) is 19.6 Å². The highest BCUT2D eigenvalue weighted by molar-refractivity contribution is 5.84. The van der Waals surface area contributed by atoms with Crippen LogP contribution in [0.3, 0.4) is 0 Å². The number of aryl methyl sites for hydroxylation is 3. The monoisotopic (exact) mass is 303 g/mol. The summed E-state index contributed by atoms with van der Waals surface area (Å²) in [4.78, 5) is 4.74. The number of hydrogen-bond acceptors (Lipinski definition) is 4. The fourth-order valence-corrected chi connectivity index (χ4v) is 2.99. The summed E-state index contributed by atoms with van der Waals surface area (Å²) >= 11 is 0. The molecular weight excluding hydrogens is 286 g/mol. The first-order valence-corrected chi connectivity index (χ1v) is 7.57. The zero-order valence-corrected chi connectivity index (χ0v) is 13.3. The quantitative estimate of drug-likeness (QED) is 0.609. The smallest absolute Gasteiger partial charge is 0.204 e. The molecule has 0 fully saturated rings. The van der Waals surface area contributed by atoms with Gasteiger partial charge in [-0.15, -0.1) is 10.2 Å². The molecule has 114 valence electrons. The lowest BCUT2D eigenvalue weighted by Crippen LogP contribution is -2.01. The molecule has 2 heterocycles. The minimum atomic E-state index is 0.717. The normalized spacial score (nSPS) is 11.3. The second-order valence-electron chi connectivity index (χ2n) is 5.86. The molecule has 0 saturated heterocycles. The van der Waals surface area contributed by atoms with Gasteiger partial charge in [0.25, 0.3) is 0 Å². The van der Waals surface area contributed by atoms with E-state index in [-0.39, 0.29) is 0 Å². The third kappa shape index (κ3) is 2.30. The summed E-state index contributed by atoms with van der Waals surface area (Å²) in [6.45, 7) is 6.12. The standard InChI is InChI=1S/C18H17N5/c1-11-8-12(2)10-14(9-11)19-17-18-22-21-13(3)23(18)16-7-5-4-6-15(16)20-17/h4-10H,1-3H3,(H,19,20). The van der Waals surface area contributed by atoms with Crippen LogP contribution < -0.4 is 5.32 Å². The Kier molecular flexibility index (Phi) is 3.01. The Bertz CT molecular complexity index is 1010. The Balaban J connectivity index is 1.95. The minimum Gasteiger partial charge on any atom is -0.337 e. The predicted molar refractivity (Wildman–Crippen MR) is 92.2 cm³/mol. The molecular formula is C18H17N5. The number of hydrogen-bond donors (Lipinski definition) is 1. The van der Waals surface area contributed by atoms with Crippen molar-refractivity contribution in [2.75, 3.05) is 5.32 Å². The van der Waals surface area contributed by atoms with Gasteiger partial charge in [0.2, 0.25) is 5.65 Å². The first-order valence-electron chi connectivity index (χ1n) is 7.57. The molecule has 0 spiro atoms. The molecule has 0 radical (unpaired) electrons. The lowest BCUT2D eigenvalue weighted by molar-refractivity contribution is 1.02. The van der Waals surface area contributed by atoms with E-state index < -0.39 is 0 Å². The molecule has 0 aliphatic carbocycles. The third-order valence-electron chi connectivity index (χ3n) is 3.88. The Morgan fingerprint density at radius 1 is 0.913 bits per heavy atom. The maximum absolute atomic E-state index is 4.74. The lowest BCUT2D eigenvalue weighted by Gasteiger charge is -2.11. The average molecular weight is 303 g/mol. The van der Waals surface area contributed by atoms with E-state index in [1.807, 2.05) is 35.6 Å².